The molecule has 360 valence electrons. The number of nitrogens with one attached hydrogen (secondary N) is 3. The number of hydrogen-bond donors (Lipinski definition) is 3. The highest BCUT2D eigenvalue weighted by molar-refractivity contribution is 5.93. The van der Waals surface area contributed by atoms with Gasteiger partial charge >= 0.3 is 0 Å². The molecule has 0 unspecified atom stereocenters. The van der Waals surface area contributed by atoms with Crippen molar-refractivity contribution in [3.8, 4) is 33.8 Å². The molecule has 4 aromatic carbocycles. The maximum absolute atomic E-state index is 12.6. The second-order valence-corrected chi connectivity index (χ2v) is 16.8. The summed E-state index contributed by atoms with van der Waals surface area (Å²) in [5.74, 6) is -0.149. The van der Waals surface area contributed by atoms with Crippen LogP contribution in [0.25, 0.3) is 33.8 Å². The van der Waals surface area contributed by atoms with E-state index in [1.165, 1.54) is 0 Å². The van der Waals surface area contributed by atoms with Gasteiger partial charge in [0, 0.05) is 33.8 Å². The first-order valence-corrected chi connectivity index (χ1v) is 23.7. The van der Waals surface area contributed by atoms with Gasteiger partial charge in [-0.15, -0.1) is 15.3 Å². The molecule has 3 heterocycles. The van der Waals surface area contributed by atoms with E-state index < -0.39 is 0 Å². The van der Waals surface area contributed by atoms with Crippen LogP contribution in [-0.2, 0) is 34.0 Å². The van der Waals surface area contributed by atoms with Gasteiger partial charge in [-0.25, -0.2) is 14.0 Å². The zero-order valence-electron chi connectivity index (χ0n) is 40.5. The first kappa shape index (κ1) is 49.5. The van der Waals surface area contributed by atoms with Gasteiger partial charge in [-0.1, -0.05) is 112 Å². The smallest absolute Gasteiger partial charge is 0.238 e. The third-order valence-corrected chi connectivity index (χ3v) is 11.9. The fraction of sp³-hybridized carbons (Fsp3) is 0.353. The molecule has 0 spiro atoms. The van der Waals surface area contributed by atoms with Gasteiger partial charge < -0.3 is 16.0 Å². The van der Waals surface area contributed by atoms with E-state index in [0.29, 0.717) is 56.4 Å². The minimum atomic E-state index is -0.0496. The Balaban J connectivity index is 1.07. The Morgan fingerprint density at radius 1 is 0.406 bits per heavy atom. The number of aromatic nitrogens is 9. The van der Waals surface area contributed by atoms with Crippen molar-refractivity contribution in [1.82, 2.24) is 59.7 Å². The van der Waals surface area contributed by atoms with Crippen molar-refractivity contribution in [3.63, 3.8) is 0 Å². The zero-order chi connectivity index (χ0) is 48.7. The minimum Gasteiger partial charge on any atom is -0.325 e. The largest absolute Gasteiger partial charge is 0.325 e. The molecule has 0 atom stereocenters. The van der Waals surface area contributed by atoms with Crippen LogP contribution in [0.1, 0.15) is 58.2 Å². The van der Waals surface area contributed by atoms with Crippen molar-refractivity contribution in [2.24, 2.45) is 0 Å². The molecule has 0 fully saturated rings. The second kappa shape index (κ2) is 24.0. The Hall–Kier alpha value is -7.41. The average Bonchev–Trinajstić information content (AvgIpc) is 4.15. The molecule has 0 saturated carbocycles. The molecule has 69 heavy (non-hydrogen) atoms. The van der Waals surface area contributed by atoms with E-state index >= 15 is 0 Å². The molecule has 3 amide bonds. The van der Waals surface area contributed by atoms with E-state index in [-0.39, 0.29) is 17.7 Å². The van der Waals surface area contributed by atoms with E-state index in [1.54, 1.807) is 0 Å². The molecule has 18 heteroatoms. The fourth-order valence-corrected chi connectivity index (χ4v) is 7.92. The van der Waals surface area contributed by atoms with Crippen LogP contribution in [0.15, 0.2) is 110 Å². The van der Waals surface area contributed by atoms with Crippen LogP contribution in [0.2, 0.25) is 0 Å². The van der Waals surface area contributed by atoms with E-state index in [0.717, 1.165) is 89.7 Å². The normalized spacial score (nSPS) is 11.4. The van der Waals surface area contributed by atoms with E-state index in [4.69, 9.17) is 0 Å². The highest BCUT2D eigenvalue weighted by Crippen LogP contribution is 2.24. The van der Waals surface area contributed by atoms with Crippen LogP contribution in [0.5, 0.6) is 0 Å². The molecule has 7 aromatic rings. The summed E-state index contributed by atoms with van der Waals surface area (Å²) >= 11 is 0. The Kier molecular flexibility index (Phi) is 17.2. The number of likely N-dealkylation sites (N-methyl/N-ethyl adjacent to an activating group) is 3. The quantitative estimate of drug-likeness (QED) is 0.0602. The molecule has 0 saturated heterocycles. The number of nitrogens with zero attached hydrogens (tertiary/aromatic N) is 12. The van der Waals surface area contributed by atoms with E-state index in [9.17, 15) is 14.4 Å². The lowest BCUT2D eigenvalue weighted by Gasteiger charge is -2.17. The summed E-state index contributed by atoms with van der Waals surface area (Å²) in [6.07, 6.45) is 5.74. The standard InChI is InChI=1S/C51H63N15O3/c1-7-61(8-2)34-49(67)52-43-19-13-40(14-20-43)46-31-64(58-55-46)28-37-25-38(29-65-32-47(56-59-65)41-15-21-44(22-16-41)53-50(68)35-62(9-3)10-4)27-39(26-37)30-66-33-48(57-60-66)42-17-23-45(24-18-42)54-51(69)36-63(11-5)12-6/h13-27,31-33H,7-12,28-30,34-36H2,1-6H3,(H,52,67)(H,53,68)(H,54,69). The van der Waals surface area contributed by atoms with Gasteiger partial charge in [0.2, 0.25) is 17.7 Å². The number of amides is 3. The third kappa shape index (κ3) is 14.1. The predicted molar refractivity (Wildman–Crippen MR) is 269 cm³/mol. The molecule has 0 aliphatic rings. The molecule has 0 bridgehead atoms. The second-order valence-electron chi connectivity index (χ2n) is 16.8. The first-order chi connectivity index (χ1) is 33.5. The molecule has 0 aliphatic carbocycles. The Morgan fingerprint density at radius 2 is 0.652 bits per heavy atom. The summed E-state index contributed by atoms with van der Waals surface area (Å²) in [6, 6.07) is 29.2. The number of rotatable bonds is 24. The maximum Gasteiger partial charge on any atom is 0.238 e. The number of carbonyl (C=O) groups is 3. The number of benzene rings is 4. The van der Waals surface area contributed by atoms with Gasteiger partial charge in [-0.05, 0) is 92.4 Å². The zero-order valence-corrected chi connectivity index (χ0v) is 40.5. The van der Waals surface area contributed by atoms with Gasteiger partial charge in [0.25, 0.3) is 0 Å². The summed E-state index contributed by atoms with van der Waals surface area (Å²) in [4.78, 5) is 43.9. The maximum atomic E-state index is 12.6. The van der Waals surface area contributed by atoms with Crippen molar-refractivity contribution in [1.29, 1.82) is 0 Å². The van der Waals surface area contributed by atoms with Gasteiger partial charge in [0.15, 0.2) is 0 Å². The molecule has 3 aromatic heterocycles. The lowest BCUT2D eigenvalue weighted by Crippen LogP contribution is -2.32. The molecule has 0 radical (unpaired) electrons. The van der Waals surface area contributed by atoms with Crippen LogP contribution >= 0.6 is 0 Å². The molecule has 7 rings (SSSR count). The Bertz CT molecular complexity index is 2440. The topological polar surface area (TPSA) is 189 Å². The fourth-order valence-electron chi connectivity index (χ4n) is 7.92. The van der Waals surface area contributed by atoms with Crippen LogP contribution in [-0.4, -0.2) is 136 Å². The SMILES string of the molecule is CCN(CC)CC(=O)Nc1ccc(-c2cn(Cc3cc(Cn4cc(-c5ccc(NC(=O)CN(CC)CC)cc5)nn4)cc(Cn4cc(-c5ccc(NC(=O)CN(CC)CC)cc5)nn4)c3)nn2)cc1. The van der Waals surface area contributed by atoms with Crippen molar-refractivity contribution >= 4 is 34.8 Å². The number of anilines is 3. The first-order valence-electron chi connectivity index (χ1n) is 23.7. The Morgan fingerprint density at radius 3 is 0.884 bits per heavy atom. The van der Waals surface area contributed by atoms with Crippen LogP contribution in [0.3, 0.4) is 0 Å². The lowest BCUT2D eigenvalue weighted by atomic mass is 10.0. The minimum absolute atomic E-state index is 0.0496. The van der Waals surface area contributed by atoms with Crippen LogP contribution in [0.4, 0.5) is 17.1 Å². The summed E-state index contributed by atoms with van der Waals surface area (Å²) in [5.41, 5.74) is 9.95. The van der Waals surface area contributed by atoms with Crippen LogP contribution in [0, 0.1) is 0 Å². The number of hydrogen-bond acceptors (Lipinski definition) is 12. The van der Waals surface area contributed by atoms with Gasteiger partial charge in [-0.3, -0.25) is 29.1 Å². The third-order valence-electron chi connectivity index (χ3n) is 11.9. The van der Waals surface area contributed by atoms with Gasteiger partial charge in [0.05, 0.1) is 57.9 Å². The summed E-state index contributed by atoms with van der Waals surface area (Å²) in [5, 5.41) is 35.8. The highest BCUT2D eigenvalue weighted by atomic mass is 16.2. The van der Waals surface area contributed by atoms with E-state index in [2.05, 4.69) is 79.8 Å². The van der Waals surface area contributed by atoms with Gasteiger partial charge in [-0.2, -0.15) is 0 Å². The number of carbonyl (C=O) groups excluding carboxylic acids is 3. The van der Waals surface area contributed by atoms with Crippen molar-refractivity contribution < 1.29 is 14.4 Å². The molecule has 3 N–H and O–H groups in total. The molecule has 18 nitrogen and oxygen atoms in total. The van der Waals surface area contributed by atoms with Crippen LogP contribution < -0.4 is 16.0 Å². The summed E-state index contributed by atoms with van der Waals surface area (Å²) < 4.78 is 5.43. The lowest BCUT2D eigenvalue weighted by molar-refractivity contribution is -0.118. The predicted octanol–water partition coefficient (Wildman–Crippen LogP) is 6.45. The van der Waals surface area contributed by atoms with Crippen molar-refractivity contribution in [2.75, 3.05) is 74.9 Å². The average molecular weight is 934 g/mol. The monoisotopic (exact) mass is 934 g/mol. The Labute approximate surface area is 403 Å². The van der Waals surface area contributed by atoms with Crippen molar-refractivity contribution in [2.45, 2.75) is 61.2 Å². The summed E-state index contributed by atoms with van der Waals surface area (Å²) in [6.45, 7) is 19.5. The van der Waals surface area contributed by atoms with E-state index in [1.807, 2.05) is 147 Å². The molecular weight excluding hydrogens is 871 g/mol. The molecule has 0 aliphatic heterocycles. The van der Waals surface area contributed by atoms with Crippen molar-refractivity contribution in [3.05, 3.63) is 126 Å². The molecular formula is C51H63N15O3. The summed E-state index contributed by atoms with van der Waals surface area (Å²) in [7, 11) is 0. The highest BCUT2D eigenvalue weighted by Gasteiger charge is 2.14. The van der Waals surface area contributed by atoms with Gasteiger partial charge in [0.1, 0.15) is 17.1 Å².